The molecule has 0 saturated heterocycles. The Bertz CT molecular complexity index is 503. The van der Waals surface area contributed by atoms with E-state index in [-0.39, 0.29) is 16.6 Å². The van der Waals surface area contributed by atoms with E-state index in [0.29, 0.717) is 5.92 Å². The molecule has 19 heavy (non-hydrogen) atoms. The van der Waals surface area contributed by atoms with Crippen molar-refractivity contribution in [2.45, 2.75) is 60.3 Å². The van der Waals surface area contributed by atoms with Gasteiger partial charge in [0, 0.05) is 5.56 Å². The normalized spacial score (nSPS) is 19.4. The molecule has 1 heteroatoms. The molecule has 1 nitrogen and oxygen atoms in total. The first kappa shape index (κ1) is 14.3. The maximum atomic E-state index is 11.5. The number of carbonyl (C=O) groups excluding carboxylic acids is 1. The molecular weight excluding hydrogens is 232 g/mol. The molecule has 0 amide bonds. The summed E-state index contributed by atoms with van der Waals surface area (Å²) in [6, 6.07) is 6.30. The van der Waals surface area contributed by atoms with Crippen LogP contribution in [0.25, 0.3) is 0 Å². The van der Waals surface area contributed by atoms with Crippen LogP contribution in [0.15, 0.2) is 18.2 Å². The van der Waals surface area contributed by atoms with Gasteiger partial charge in [0.25, 0.3) is 0 Å². The van der Waals surface area contributed by atoms with E-state index in [1.807, 2.05) is 6.07 Å². The second-order valence-electron chi connectivity index (χ2n) is 7.53. The van der Waals surface area contributed by atoms with Crippen molar-refractivity contribution < 1.29 is 4.79 Å². The molecule has 0 fully saturated rings. The number of rotatable bonds is 2. The zero-order chi connectivity index (χ0) is 14.4. The highest BCUT2D eigenvalue weighted by atomic mass is 16.1. The zero-order valence-corrected chi connectivity index (χ0v) is 13.1. The van der Waals surface area contributed by atoms with E-state index in [1.54, 1.807) is 6.92 Å². The Labute approximate surface area is 117 Å². The van der Waals surface area contributed by atoms with Gasteiger partial charge in [-0.1, -0.05) is 46.8 Å². The average molecular weight is 258 g/mol. The summed E-state index contributed by atoms with van der Waals surface area (Å²) in [6.07, 6.45) is 2.32. The Kier molecular flexibility index (Phi) is 3.36. The number of benzene rings is 1. The van der Waals surface area contributed by atoms with Crippen LogP contribution in [0.2, 0.25) is 0 Å². The topological polar surface area (TPSA) is 17.1 Å². The van der Waals surface area contributed by atoms with Gasteiger partial charge in [-0.15, -0.1) is 0 Å². The first-order valence-electron chi connectivity index (χ1n) is 7.28. The minimum absolute atomic E-state index is 0.168. The molecular formula is C18H26O. The first-order chi connectivity index (χ1) is 8.64. The number of hydrogen-bond acceptors (Lipinski definition) is 1. The second kappa shape index (κ2) is 4.47. The van der Waals surface area contributed by atoms with Crippen LogP contribution in [-0.4, -0.2) is 5.78 Å². The summed E-state index contributed by atoms with van der Waals surface area (Å²) in [7, 11) is 0. The molecule has 1 aromatic carbocycles. The lowest BCUT2D eigenvalue weighted by Crippen LogP contribution is -2.35. The zero-order valence-electron chi connectivity index (χ0n) is 13.1. The van der Waals surface area contributed by atoms with E-state index in [0.717, 1.165) is 12.0 Å². The highest BCUT2D eigenvalue weighted by Crippen LogP contribution is 2.53. The van der Waals surface area contributed by atoms with Gasteiger partial charge in [-0.25, -0.2) is 0 Å². The largest absolute Gasteiger partial charge is 0.295 e. The van der Waals surface area contributed by atoms with E-state index in [1.165, 1.54) is 17.5 Å². The first-order valence-corrected chi connectivity index (χ1v) is 7.28. The number of carbonyl (C=O) groups is 1. The van der Waals surface area contributed by atoms with E-state index in [4.69, 9.17) is 0 Å². The van der Waals surface area contributed by atoms with Gasteiger partial charge in [0.15, 0.2) is 5.78 Å². The van der Waals surface area contributed by atoms with Gasteiger partial charge < -0.3 is 0 Å². The minimum Gasteiger partial charge on any atom is -0.295 e. The van der Waals surface area contributed by atoms with Crippen molar-refractivity contribution in [3.8, 4) is 0 Å². The molecule has 0 saturated carbocycles. The monoisotopic (exact) mass is 258 g/mol. The van der Waals surface area contributed by atoms with Crippen LogP contribution in [0.5, 0.6) is 0 Å². The molecule has 1 atom stereocenters. The molecule has 1 aliphatic carbocycles. The fourth-order valence-electron chi connectivity index (χ4n) is 3.11. The second-order valence-corrected chi connectivity index (χ2v) is 7.53. The third kappa shape index (κ3) is 2.35. The van der Waals surface area contributed by atoms with Gasteiger partial charge in [-0.2, -0.15) is 0 Å². The minimum atomic E-state index is 0.168. The average Bonchev–Trinajstić information content (AvgIpc) is 2.70. The van der Waals surface area contributed by atoms with Crippen LogP contribution in [0.1, 0.15) is 75.4 Å². The number of fused-ring (bicyclic) bond motifs is 1. The summed E-state index contributed by atoms with van der Waals surface area (Å²) in [6.45, 7) is 13.4. The van der Waals surface area contributed by atoms with Crippen LogP contribution in [0, 0.1) is 10.8 Å². The maximum absolute atomic E-state index is 11.5. The molecule has 0 bridgehead atoms. The summed E-state index contributed by atoms with van der Waals surface area (Å²) in [5, 5.41) is 0. The van der Waals surface area contributed by atoms with Crippen molar-refractivity contribution in [1.29, 1.82) is 0 Å². The molecule has 0 aromatic heterocycles. The molecule has 1 unspecified atom stereocenters. The third-order valence-electron chi connectivity index (χ3n) is 5.43. The predicted octanol–water partition coefficient (Wildman–Crippen LogP) is 4.99. The van der Waals surface area contributed by atoms with Gasteiger partial charge in [0.05, 0.1) is 0 Å². The van der Waals surface area contributed by atoms with Crippen molar-refractivity contribution in [2.24, 2.45) is 10.8 Å². The summed E-state index contributed by atoms with van der Waals surface area (Å²) in [4.78, 5) is 11.5. The lowest BCUT2D eigenvalue weighted by molar-refractivity contribution is 0.0942. The van der Waals surface area contributed by atoms with Crippen LogP contribution >= 0.6 is 0 Å². The lowest BCUT2D eigenvalue weighted by atomic mass is 9.60. The molecule has 0 heterocycles. The fraction of sp³-hybridized carbons (Fsp3) is 0.611. The Morgan fingerprint density at radius 2 is 1.79 bits per heavy atom. The highest BCUT2D eigenvalue weighted by Gasteiger charge is 2.43. The van der Waals surface area contributed by atoms with Crippen molar-refractivity contribution >= 4 is 5.78 Å². The number of aryl methyl sites for hydroxylation is 1. The molecule has 104 valence electrons. The Morgan fingerprint density at radius 3 is 2.32 bits per heavy atom. The van der Waals surface area contributed by atoms with Crippen molar-refractivity contribution in [2.75, 3.05) is 0 Å². The van der Waals surface area contributed by atoms with E-state index in [2.05, 4.69) is 46.8 Å². The molecule has 0 radical (unpaired) electrons. The molecule has 0 N–H and O–H groups in total. The number of hydrogen-bond donors (Lipinski definition) is 0. The lowest BCUT2D eigenvalue weighted by Gasteiger charge is -2.44. The number of ketones is 1. The van der Waals surface area contributed by atoms with Crippen molar-refractivity contribution in [1.82, 2.24) is 0 Å². The van der Waals surface area contributed by atoms with Crippen molar-refractivity contribution in [3.05, 3.63) is 34.9 Å². The molecule has 0 aliphatic heterocycles. The van der Waals surface area contributed by atoms with Gasteiger partial charge >= 0.3 is 0 Å². The van der Waals surface area contributed by atoms with Crippen LogP contribution in [-0.2, 0) is 6.42 Å². The Morgan fingerprint density at radius 1 is 1.16 bits per heavy atom. The van der Waals surface area contributed by atoms with Gasteiger partial charge in [-0.3, -0.25) is 4.79 Å². The van der Waals surface area contributed by atoms with Crippen LogP contribution in [0.4, 0.5) is 0 Å². The molecule has 0 spiro atoms. The number of Topliss-reactive ketones (excluding diaryl/α,β-unsaturated/α-hetero) is 1. The van der Waals surface area contributed by atoms with Gasteiger partial charge in [0.1, 0.15) is 0 Å². The van der Waals surface area contributed by atoms with Gasteiger partial charge in [0.2, 0.25) is 0 Å². The molecule has 1 aliphatic rings. The summed E-state index contributed by atoms with van der Waals surface area (Å²) in [5.41, 5.74) is 4.24. The fourth-order valence-corrected chi connectivity index (χ4v) is 3.11. The van der Waals surface area contributed by atoms with E-state index < -0.39 is 0 Å². The highest BCUT2D eigenvalue weighted by molar-refractivity contribution is 5.94. The SMILES string of the molecule is CC(=O)c1ccc2c(c1)CCC2C(C)(C)C(C)(C)C. The van der Waals surface area contributed by atoms with Crippen molar-refractivity contribution in [3.63, 3.8) is 0 Å². The third-order valence-corrected chi connectivity index (χ3v) is 5.43. The molecule has 1 aromatic rings. The van der Waals surface area contributed by atoms with E-state index >= 15 is 0 Å². The summed E-state index contributed by atoms with van der Waals surface area (Å²) >= 11 is 0. The predicted molar refractivity (Wildman–Crippen MR) is 80.7 cm³/mol. The van der Waals surface area contributed by atoms with Crippen LogP contribution in [0.3, 0.4) is 0 Å². The van der Waals surface area contributed by atoms with Crippen LogP contribution < -0.4 is 0 Å². The quantitative estimate of drug-likeness (QED) is 0.683. The Hall–Kier alpha value is -1.11. The maximum Gasteiger partial charge on any atom is 0.159 e. The smallest absolute Gasteiger partial charge is 0.159 e. The summed E-state index contributed by atoms with van der Waals surface area (Å²) in [5.74, 6) is 0.768. The van der Waals surface area contributed by atoms with E-state index in [9.17, 15) is 4.79 Å². The standard InChI is InChI=1S/C18H26O/c1-12(19)13-7-9-15-14(11-13)8-10-16(15)18(5,6)17(2,3)4/h7,9,11,16H,8,10H2,1-6H3. The summed E-state index contributed by atoms with van der Waals surface area (Å²) < 4.78 is 0. The van der Waals surface area contributed by atoms with Gasteiger partial charge in [-0.05, 0) is 53.7 Å². The molecule has 2 rings (SSSR count). The Balaban J connectivity index is 2.41.